The van der Waals surface area contributed by atoms with Crippen LogP contribution in [-0.2, 0) is 16.4 Å². The molecule has 0 saturated carbocycles. The van der Waals surface area contributed by atoms with Gasteiger partial charge in [0.2, 0.25) is 5.89 Å². The maximum absolute atomic E-state index is 11.5. The van der Waals surface area contributed by atoms with Crippen molar-refractivity contribution in [2.45, 2.75) is 13.5 Å². The Morgan fingerprint density at radius 3 is 2.60 bits per heavy atom. The van der Waals surface area contributed by atoms with E-state index in [2.05, 4.69) is 20.6 Å². The van der Waals surface area contributed by atoms with Gasteiger partial charge in [0.15, 0.2) is 15.8 Å². The van der Waals surface area contributed by atoms with Gasteiger partial charge in [0.25, 0.3) is 0 Å². The fraction of sp³-hybridized carbons (Fsp3) is 0.375. The first-order valence-corrected chi connectivity index (χ1v) is 9.51. The third-order valence-corrected chi connectivity index (χ3v) is 5.08. The Labute approximate surface area is 165 Å². The quantitative estimate of drug-likeness (QED) is 0.360. The SMILES string of the molecule is CCS(=O)(=O)CCNC(=NC)NCc1coc(-c2ccccc2)n1.I. The number of rotatable bonds is 7. The van der Waals surface area contributed by atoms with Crippen molar-refractivity contribution in [3.63, 3.8) is 0 Å². The maximum atomic E-state index is 11.5. The molecular weight excluding hydrogens is 455 g/mol. The van der Waals surface area contributed by atoms with Gasteiger partial charge in [0, 0.05) is 24.9 Å². The predicted molar refractivity (Wildman–Crippen MR) is 110 cm³/mol. The number of nitrogens with zero attached hydrogens (tertiary/aromatic N) is 2. The van der Waals surface area contributed by atoms with Gasteiger partial charge in [-0.25, -0.2) is 13.4 Å². The Bertz CT molecular complexity index is 776. The lowest BCUT2D eigenvalue weighted by atomic mass is 10.2. The lowest BCUT2D eigenvalue weighted by Gasteiger charge is -2.10. The Hall–Kier alpha value is -1.62. The van der Waals surface area contributed by atoms with Crippen LogP contribution in [0.1, 0.15) is 12.6 Å². The fourth-order valence-electron chi connectivity index (χ4n) is 1.97. The van der Waals surface area contributed by atoms with E-state index in [1.807, 2.05) is 30.3 Å². The molecule has 0 radical (unpaired) electrons. The average Bonchev–Trinajstić information content (AvgIpc) is 3.07. The zero-order valence-corrected chi connectivity index (χ0v) is 17.4. The lowest BCUT2D eigenvalue weighted by Crippen LogP contribution is -2.39. The Balaban J connectivity index is 0.00000312. The Morgan fingerprint density at radius 1 is 1.24 bits per heavy atom. The third kappa shape index (κ3) is 7.02. The topological polar surface area (TPSA) is 96.6 Å². The normalized spacial score (nSPS) is 11.7. The van der Waals surface area contributed by atoms with Gasteiger partial charge >= 0.3 is 0 Å². The summed E-state index contributed by atoms with van der Waals surface area (Å²) in [7, 11) is -1.36. The van der Waals surface area contributed by atoms with Gasteiger partial charge in [-0.2, -0.15) is 0 Å². The van der Waals surface area contributed by atoms with E-state index in [0.29, 0.717) is 24.9 Å². The fourth-order valence-corrected chi connectivity index (χ4v) is 2.67. The molecule has 0 bridgehead atoms. The summed E-state index contributed by atoms with van der Waals surface area (Å²) in [5.41, 5.74) is 1.65. The zero-order valence-electron chi connectivity index (χ0n) is 14.2. The minimum Gasteiger partial charge on any atom is -0.444 e. The molecule has 9 heteroatoms. The van der Waals surface area contributed by atoms with E-state index in [1.54, 1.807) is 20.2 Å². The monoisotopic (exact) mass is 478 g/mol. The number of halogens is 1. The maximum Gasteiger partial charge on any atom is 0.226 e. The first-order valence-electron chi connectivity index (χ1n) is 7.69. The summed E-state index contributed by atoms with van der Waals surface area (Å²) in [6.45, 7) is 2.37. The van der Waals surface area contributed by atoms with Crippen LogP contribution in [0.15, 0.2) is 46.0 Å². The molecule has 0 aliphatic heterocycles. The highest BCUT2D eigenvalue weighted by molar-refractivity contribution is 14.0. The van der Waals surface area contributed by atoms with Gasteiger partial charge in [-0.05, 0) is 12.1 Å². The molecule has 2 N–H and O–H groups in total. The van der Waals surface area contributed by atoms with Crippen LogP contribution in [-0.4, -0.2) is 44.5 Å². The van der Waals surface area contributed by atoms with Crippen LogP contribution >= 0.6 is 24.0 Å². The van der Waals surface area contributed by atoms with E-state index in [9.17, 15) is 8.42 Å². The van der Waals surface area contributed by atoms with Crippen molar-refractivity contribution in [3.8, 4) is 11.5 Å². The molecule has 0 unspecified atom stereocenters. The second kappa shape index (κ2) is 10.4. The molecular formula is C16H23IN4O3S. The standard InChI is InChI=1S/C16H22N4O3S.HI/c1-3-24(21,22)10-9-18-16(17-2)19-11-14-12-23-15(20-14)13-7-5-4-6-8-13;/h4-8,12H,3,9-11H2,1-2H3,(H2,17,18,19);1H. The van der Waals surface area contributed by atoms with Crippen LogP contribution < -0.4 is 10.6 Å². The second-order valence-corrected chi connectivity index (χ2v) is 7.57. The van der Waals surface area contributed by atoms with Crippen molar-refractivity contribution in [1.82, 2.24) is 15.6 Å². The summed E-state index contributed by atoms with van der Waals surface area (Å²) in [5.74, 6) is 1.30. The molecule has 1 aromatic heterocycles. The minimum atomic E-state index is -2.99. The van der Waals surface area contributed by atoms with Gasteiger partial charge in [-0.15, -0.1) is 24.0 Å². The highest BCUT2D eigenvalue weighted by Crippen LogP contribution is 2.17. The van der Waals surface area contributed by atoms with E-state index < -0.39 is 9.84 Å². The van der Waals surface area contributed by atoms with Crippen molar-refractivity contribution in [3.05, 3.63) is 42.3 Å². The van der Waals surface area contributed by atoms with Gasteiger partial charge in [-0.1, -0.05) is 25.1 Å². The third-order valence-electron chi connectivity index (χ3n) is 3.38. The number of aliphatic imine (C=N–C) groups is 1. The van der Waals surface area contributed by atoms with Crippen LogP contribution in [0.2, 0.25) is 0 Å². The molecule has 138 valence electrons. The molecule has 0 fully saturated rings. The van der Waals surface area contributed by atoms with Gasteiger partial charge < -0.3 is 15.1 Å². The number of hydrogen-bond acceptors (Lipinski definition) is 5. The van der Waals surface area contributed by atoms with E-state index in [1.165, 1.54) is 0 Å². The van der Waals surface area contributed by atoms with Crippen LogP contribution in [0.5, 0.6) is 0 Å². The molecule has 0 aliphatic rings. The van der Waals surface area contributed by atoms with Crippen molar-refractivity contribution in [2.75, 3.05) is 25.1 Å². The smallest absolute Gasteiger partial charge is 0.226 e. The molecule has 0 saturated heterocycles. The summed E-state index contributed by atoms with van der Waals surface area (Å²) >= 11 is 0. The summed E-state index contributed by atoms with van der Waals surface area (Å²) in [5, 5.41) is 6.05. The van der Waals surface area contributed by atoms with E-state index >= 15 is 0 Å². The summed E-state index contributed by atoms with van der Waals surface area (Å²) < 4.78 is 28.4. The van der Waals surface area contributed by atoms with Crippen molar-refractivity contribution in [1.29, 1.82) is 0 Å². The first kappa shape index (κ1) is 21.4. The zero-order chi connectivity index (χ0) is 17.4. The molecule has 0 aliphatic carbocycles. The minimum absolute atomic E-state index is 0. The number of nitrogens with one attached hydrogen (secondary N) is 2. The van der Waals surface area contributed by atoms with E-state index in [4.69, 9.17) is 4.42 Å². The molecule has 2 aromatic rings. The van der Waals surface area contributed by atoms with Crippen LogP contribution in [0.3, 0.4) is 0 Å². The van der Waals surface area contributed by atoms with Crippen molar-refractivity contribution in [2.24, 2.45) is 4.99 Å². The predicted octanol–water partition coefficient (Wildman–Crippen LogP) is 2.06. The Kier molecular flexibility index (Phi) is 8.90. The molecule has 1 aromatic carbocycles. The van der Waals surface area contributed by atoms with Gasteiger partial charge in [0.1, 0.15) is 6.26 Å². The number of aromatic nitrogens is 1. The average molecular weight is 478 g/mol. The summed E-state index contributed by atoms with van der Waals surface area (Å²) in [6, 6.07) is 9.64. The molecule has 0 spiro atoms. The second-order valence-electron chi connectivity index (χ2n) is 5.10. The molecule has 0 atom stereocenters. The Morgan fingerprint density at radius 2 is 1.96 bits per heavy atom. The van der Waals surface area contributed by atoms with Gasteiger partial charge in [-0.3, -0.25) is 4.99 Å². The van der Waals surface area contributed by atoms with E-state index in [0.717, 1.165) is 11.3 Å². The highest BCUT2D eigenvalue weighted by Gasteiger charge is 2.09. The highest BCUT2D eigenvalue weighted by atomic mass is 127. The number of hydrogen-bond donors (Lipinski definition) is 2. The number of oxazole rings is 1. The number of sulfone groups is 1. The van der Waals surface area contributed by atoms with E-state index in [-0.39, 0.29) is 35.5 Å². The number of benzene rings is 1. The van der Waals surface area contributed by atoms with Crippen LogP contribution in [0.4, 0.5) is 0 Å². The lowest BCUT2D eigenvalue weighted by molar-refractivity contribution is 0.572. The molecule has 25 heavy (non-hydrogen) atoms. The van der Waals surface area contributed by atoms with Crippen molar-refractivity contribution < 1.29 is 12.8 Å². The van der Waals surface area contributed by atoms with Crippen LogP contribution in [0.25, 0.3) is 11.5 Å². The van der Waals surface area contributed by atoms with Crippen molar-refractivity contribution >= 4 is 39.8 Å². The molecule has 0 amide bonds. The molecule has 7 nitrogen and oxygen atoms in total. The summed E-state index contributed by atoms with van der Waals surface area (Å²) in [6.07, 6.45) is 1.59. The molecule has 2 rings (SSSR count). The van der Waals surface area contributed by atoms with Gasteiger partial charge in [0.05, 0.1) is 18.0 Å². The number of guanidine groups is 1. The largest absolute Gasteiger partial charge is 0.444 e. The summed E-state index contributed by atoms with van der Waals surface area (Å²) in [4.78, 5) is 8.47. The first-order chi connectivity index (χ1) is 11.5. The molecule has 1 heterocycles. The van der Waals surface area contributed by atoms with Crippen LogP contribution in [0, 0.1) is 0 Å².